The monoisotopic (exact) mass is 248 g/mol. The van der Waals surface area contributed by atoms with Crippen LogP contribution in [0.5, 0.6) is 0 Å². The Bertz CT molecular complexity index is 363. The van der Waals surface area contributed by atoms with Gasteiger partial charge in [0.1, 0.15) is 0 Å². The zero-order valence-corrected chi connectivity index (χ0v) is 11.4. The van der Waals surface area contributed by atoms with Crippen LogP contribution in [0, 0.1) is 5.92 Å². The second-order valence-electron chi connectivity index (χ2n) is 5.45. The normalized spacial score (nSPS) is 22.7. The molecule has 0 radical (unpaired) electrons. The molecule has 3 nitrogen and oxygen atoms in total. The third-order valence-electron chi connectivity index (χ3n) is 3.90. The van der Waals surface area contributed by atoms with Crippen molar-refractivity contribution < 1.29 is 5.11 Å². The van der Waals surface area contributed by atoms with E-state index in [1.807, 2.05) is 12.1 Å². The smallest absolute Gasteiger partial charge is 0.0681 e. The van der Waals surface area contributed by atoms with Crippen molar-refractivity contribution in [3.05, 3.63) is 29.8 Å². The van der Waals surface area contributed by atoms with Crippen LogP contribution in [0.25, 0.3) is 0 Å². The highest BCUT2D eigenvalue weighted by molar-refractivity contribution is 5.45. The maximum absolute atomic E-state index is 9.02. The summed E-state index contributed by atoms with van der Waals surface area (Å²) in [4.78, 5) is 2.42. The highest BCUT2D eigenvalue weighted by atomic mass is 16.3. The van der Waals surface area contributed by atoms with Crippen molar-refractivity contribution in [3.8, 4) is 0 Å². The van der Waals surface area contributed by atoms with Gasteiger partial charge in [-0.3, -0.25) is 0 Å². The summed E-state index contributed by atoms with van der Waals surface area (Å²) in [7, 11) is 2.20. The van der Waals surface area contributed by atoms with Gasteiger partial charge in [0, 0.05) is 18.3 Å². The molecule has 1 aromatic carbocycles. The van der Waals surface area contributed by atoms with E-state index in [1.54, 1.807) is 0 Å². The molecule has 0 amide bonds. The molecule has 100 valence electrons. The van der Waals surface area contributed by atoms with Crippen LogP contribution in [0.3, 0.4) is 0 Å². The summed E-state index contributed by atoms with van der Waals surface area (Å²) >= 11 is 0. The lowest BCUT2D eigenvalue weighted by molar-refractivity contribution is 0.197. The van der Waals surface area contributed by atoms with Crippen molar-refractivity contribution in [2.75, 3.05) is 25.5 Å². The molecule has 0 aliphatic carbocycles. The van der Waals surface area contributed by atoms with Gasteiger partial charge in [-0.1, -0.05) is 12.1 Å². The number of nitrogens with zero attached hydrogens (tertiary/aromatic N) is 1. The first kappa shape index (κ1) is 13.4. The summed E-state index contributed by atoms with van der Waals surface area (Å²) in [6, 6.07) is 8.54. The molecule has 0 aromatic heterocycles. The zero-order chi connectivity index (χ0) is 13.0. The third-order valence-corrected chi connectivity index (χ3v) is 3.90. The second-order valence-corrected chi connectivity index (χ2v) is 5.45. The molecule has 2 rings (SSSR count). The van der Waals surface area contributed by atoms with Crippen LogP contribution in [0.2, 0.25) is 0 Å². The molecule has 1 saturated heterocycles. The van der Waals surface area contributed by atoms with Crippen LogP contribution in [-0.2, 0) is 6.61 Å². The molecule has 0 bridgehead atoms. The van der Waals surface area contributed by atoms with Crippen LogP contribution in [0.4, 0.5) is 5.69 Å². The number of hydrogen-bond acceptors (Lipinski definition) is 3. The molecule has 1 heterocycles. The Labute approximate surface area is 110 Å². The number of nitrogens with one attached hydrogen (secondary N) is 1. The number of benzene rings is 1. The van der Waals surface area contributed by atoms with Gasteiger partial charge >= 0.3 is 0 Å². The minimum atomic E-state index is 0.114. The predicted molar refractivity (Wildman–Crippen MR) is 75.7 cm³/mol. The molecule has 1 aliphatic rings. The lowest BCUT2D eigenvalue weighted by Crippen LogP contribution is -2.39. The molecule has 2 unspecified atom stereocenters. The summed E-state index contributed by atoms with van der Waals surface area (Å²) in [5.41, 5.74) is 2.11. The van der Waals surface area contributed by atoms with Crippen molar-refractivity contribution in [2.24, 2.45) is 5.92 Å². The fraction of sp³-hybridized carbons (Fsp3) is 0.600. The standard InChI is InChI=1S/C15H24N2O/c1-12(14-4-3-9-17(2)10-14)16-15-7-5-13(11-18)6-8-15/h5-8,12,14,16,18H,3-4,9-11H2,1-2H3. The van der Waals surface area contributed by atoms with Crippen LogP contribution >= 0.6 is 0 Å². The molecule has 2 N–H and O–H groups in total. The Morgan fingerprint density at radius 3 is 2.72 bits per heavy atom. The average Bonchev–Trinajstić information content (AvgIpc) is 2.39. The number of likely N-dealkylation sites (tertiary alicyclic amines) is 1. The van der Waals surface area contributed by atoms with Gasteiger partial charge in [0.05, 0.1) is 6.61 Å². The van der Waals surface area contributed by atoms with Gasteiger partial charge in [0.2, 0.25) is 0 Å². The number of aliphatic hydroxyl groups is 1. The Morgan fingerprint density at radius 2 is 2.11 bits per heavy atom. The first-order valence-corrected chi connectivity index (χ1v) is 6.84. The molecule has 1 aromatic rings. The highest BCUT2D eigenvalue weighted by Crippen LogP contribution is 2.21. The minimum Gasteiger partial charge on any atom is -0.392 e. The van der Waals surface area contributed by atoms with Gasteiger partial charge in [0.25, 0.3) is 0 Å². The van der Waals surface area contributed by atoms with Crippen molar-refractivity contribution in [2.45, 2.75) is 32.4 Å². The fourth-order valence-electron chi connectivity index (χ4n) is 2.70. The SMILES string of the molecule is CC(Nc1ccc(CO)cc1)C1CCCN(C)C1. The van der Waals surface area contributed by atoms with Gasteiger partial charge in [-0.15, -0.1) is 0 Å². The summed E-state index contributed by atoms with van der Waals surface area (Å²) in [6.07, 6.45) is 2.61. The number of hydrogen-bond donors (Lipinski definition) is 2. The van der Waals surface area contributed by atoms with E-state index in [4.69, 9.17) is 5.11 Å². The van der Waals surface area contributed by atoms with Gasteiger partial charge in [0.15, 0.2) is 0 Å². The van der Waals surface area contributed by atoms with Crippen molar-refractivity contribution >= 4 is 5.69 Å². The Balaban J connectivity index is 1.91. The lowest BCUT2D eigenvalue weighted by Gasteiger charge is -2.34. The number of aliphatic hydroxyl groups excluding tert-OH is 1. The molecule has 0 saturated carbocycles. The van der Waals surface area contributed by atoms with Gasteiger partial charge in [-0.2, -0.15) is 0 Å². The minimum absolute atomic E-state index is 0.114. The van der Waals surface area contributed by atoms with Crippen LogP contribution in [0.1, 0.15) is 25.3 Å². The quantitative estimate of drug-likeness (QED) is 0.858. The number of anilines is 1. The first-order chi connectivity index (χ1) is 8.69. The van der Waals surface area contributed by atoms with Crippen molar-refractivity contribution in [1.82, 2.24) is 4.90 Å². The lowest BCUT2D eigenvalue weighted by atomic mass is 9.91. The molecule has 0 spiro atoms. The molecule has 1 fully saturated rings. The van der Waals surface area contributed by atoms with Gasteiger partial charge < -0.3 is 15.3 Å². The summed E-state index contributed by atoms with van der Waals surface area (Å²) in [5.74, 6) is 0.723. The van der Waals surface area contributed by atoms with E-state index in [2.05, 4.69) is 36.3 Å². The number of piperidine rings is 1. The van der Waals surface area contributed by atoms with E-state index >= 15 is 0 Å². The van der Waals surface area contributed by atoms with E-state index in [0.717, 1.165) is 17.2 Å². The molecule has 3 heteroatoms. The van der Waals surface area contributed by atoms with Gasteiger partial charge in [-0.05, 0) is 57.0 Å². The summed E-state index contributed by atoms with van der Waals surface area (Å²) in [6.45, 7) is 4.80. The Morgan fingerprint density at radius 1 is 1.39 bits per heavy atom. The van der Waals surface area contributed by atoms with Crippen LogP contribution in [-0.4, -0.2) is 36.2 Å². The second kappa shape index (κ2) is 6.21. The summed E-state index contributed by atoms with van der Waals surface area (Å²) < 4.78 is 0. The van der Waals surface area contributed by atoms with Crippen LogP contribution < -0.4 is 5.32 Å². The maximum Gasteiger partial charge on any atom is 0.0681 e. The van der Waals surface area contributed by atoms with Crippen LogP contribution in [0.15, 0.2) is 24.3 Å². The number of rotatable bonds is 4. The molecule has 18 heavy (non-hydrogen) atoms. The maximum atomic E-state index is 9.02. The van der Waals surface area contributed by atoms with E-state index in [1.165, 1.54) is 25.9 Å². The van der Waals surface area contributed by atoms with E-state index in [0.29, 0.717) is 6.04 Å². The van der Waals surface area contributed by atoms with E-state index in [9.17, 15) is 0 Å². The first-order valence-electron chi connectivity index (χ1n) is 6.84. The summed E-state index contributed by atoms with van der Waals surface area (Å²) in [5, 5.41) is 12.6. The molecule has 1 aliphatic heterocycles. The molecule has 2 atom stereocenters. The van der Waals surface area contributed by atoms with Crippen molar-refractivity contribution in [3.63, 3.8) is 0 Å². The average molecular weight is 248 g/mol. The highest BCUT2D eigenvalue weighted by Gasteiger charge is 2.22. The predicted octanol–water partition coefficient (Wildman–Crippen LogP) is 2.32. The van der Waals surface area contributed by atoms with E-state index < -0.39 is 0 Å². The van der Waals surface area contributed by atoms with Crippen molar-refractivity contribution in [1.29, 1.82) is 0 Å². The van der Waals surface area contributed by atoms with E-state index in [-0.39, 0.29) is 6.61 Å². The topological polar surface area (TPSA) is 35.5 Å². The zero-order valence-electron chi connectivity index (χ0n) is 11.4. The molecular weight excluding hydrogens is 224 g/mol. The van der Waals surface area contributed by atoms with Gasteiger partial charge in [-0.25, -0.2) is 0 Å². The fourth-order valence-corrected chi connectivity index (χ4v) is 2.70. The Hall–Kier alpha value is -1.06. The third kappa shape index (κ3) is 3.47. The molecular formula is C15H24N2O. The largest absolute Gasteiger partial charge is 0.392 e. The Kier molecular flexibility index (Phi) is 4.61.